The summed E-state index contributed by atoms with van der Waals surface area (Å²) in [5.74, 6) is -0.241. The Hall–Kier alpha value is -2.70. The second kappa shape index (κ2) is 8.76. The molecule has 29 heavy (non-hydrogen) atoms. The van der Waals surface area contributed by atoms with Crippen LogP contribution in [-0.2, 0) is 13.1 Å². The number of rotatable bonds is 6. The van der Waals surface area contributed by atoms with E-state index in [2.05, 4.69) is 19.5 Å². The van der Waals surface area contributed by atoms with E-state index in [9.17, 15) is 4.39 Å². The van der Waals surface area contributed by atoms with Crippen molar-refractivity contribution in [3.05, 3.63) is 87.8 Å². The van der Waals surface area contributed by atoms with Crippen LogP contribution in [0.4, 0.5) is 10.1 Å². The molecule has 0 amide bonds. The van der Waals surface area contributed by atoms with Crippen LogP contribution in [0.2, 0.25) is 5.02 Å². The summed E-state index contributed by atoms with van der Waals surface area (Å²) in [7, 11) is 0. The van der Waals surface area contributed by atoms with Crippen LogP contribution in [0.15, 0.2) is 71.6 Å². The fraction of sp³-hybridized carbons (Fsp3) is 0.182. The number of benzene rings is 2. The first kappa shape index (κ1) is 19.6. The summed E-state index contributed by atoms with van der Waals surface area (Å²) >= 11 is 7.84. The molecule has 0 aliphatic heterocycles. The maximum atomic E-state index is 13.4. The molecular weight excluding hydrogens is 407 g/mol. The van der Waals surface area contributed by atoms with Gasteiger partial charge < -0.3 is 9.13 Å². The minimum absolute atomic E-state index is 0.241. The third-order valence-corrected chi connectivity index (χ3v) is 5.95. The van der Waals surface area contributed by atoms with Crippen molar-refractivity contribution in [3.8, 4) is 11.3 Å². The third-order valence-electron chi connectivity index (χ3n) is 4.68. The second-order valence-electron chi connectivity index (χ2n) is 6.76. The highest BCUT2D eigenvalue weighted by Crippen LogP contribution is 2.24. The van der Waals surface area contributed by atoms with E-state index in [1.54, 1.807) is 29.7 Å². The number of imidazole rings is 1. The molecule has 2 aromatic heterocycles. The molecule has 0 radical (unpaired) electrons. The Morgan fingerprint density at radius 1 is 1.14 bits per heavy atom. The van der Waals surface area contributed by atoms with Gasteiger partial charge in [-0.2, -0.15) is 0 Å². The summed E-state index contributed by atoms with van der Waals surface area (Å²) in [5.41, 5.74) is 3.83. The highest BCUT2D eigenvalue weighted by Gasteiger charge is 2.09. The van der Waals surface area contributed by atoms with Gasteiger partial charge in [0.15, 0.2) is 4.80 Å². The average molecular weight is 427 g/mol. The van der Waals surface area contributed by atoms with Gasteiger partial charge in [0.2, 0.25) is 0 Å². The van der Waals surface area contributed by atoms with Crippen molar-refractivity contribution in [2.75, 3.05) is 0 Å². The van der Waals surface area contributed by atoms with Crippen LogP contribution in [0.3, 0.4) is 0 Å². The van der Waals surface area contributed by atoms with E-state index in [1.165, 1.54) is 12.1 Å². The lowest BCUT2D eigenvalue weighted by Gasteiger charge is -2.10. The minimum Gasteiger partial charge on any atom is -0.337 e. The zero-order valence-corrected chi connectivity index (χ0v) is 17.5. The lowest BCUT2D eigenvalue weighted by molar-refractivity contribution is 0.559. The first-order valence-electron chi connectivity index (χ1n) is 9.31. The van der Waals surface area contributed by atoms with Crippen molar-refractivity contribution >= 4 is 28.6 Å². The Morgan fingerprint density at radius 2 is 1.97 bits per heavy atom. The van der Waals surface area contributed by atoms with E-state index in [0.717, 1.165) is 46.8 Å². The zero-order chi connectivity index (χ0) is 20.2. The highest BCUT2D eigenvalue weighted by molar-refractivity contribution is 7.07. The fourth-order valence-electron chi connectivity index (χ4n) is 3.08. The monoisotopic (exact) mass is 426 g/mol. The summed E-state index contributed by atoms with van der Waals surface area (Å²) in [6, 6.07) is 12.4. The maximum Gasteiger partial charge on any atom is 0.190 e. The normalized spacial score (nSPS) is 11.9. The van der Waals surface area contributed by atoms with Gasteiger partial charge in [0.05, 0.1) is 17.7 Å². The van der Waals surface area contributed by atoms with Crippen LogP contribution in [0.25, 0.3) is 11.3 Å². The molecule has 0 bridgehead atoms. The SMILES string of the molecule is Cc1ccc(N=c2scc(-c3ccc(F)cc3)n2CCCn2ccnc2)cc1Cl. The molecule has 0 aliphatic carbocycles. The fourth-order valence-corrected chi connectivity index (χ4v) is 4.21. The van der Waals surface area contributed by atoms with E-state index in [0.29, 0.717) is 5.02 Å². The van der Waals surface area contributed by atoms with Crippen LogP contribution in [-0.4, -0.2) is 14.1 Å². The molecule has 4 aromatic rings. The summed E-state index contributed by atoms with van der Waals surface area (Å²) in [5, 5.41) is 2.77. The number of nitrogens with zero attached hydrogens (tertiary/aromatic N) is 4. The summed E-state index contributed by atoms with van der Waals surface area (Å²) in [6.45, 7) is 3.62. The summed E-state index contributed by atoms with van der Waals surface area (Å²) in [4.78, 5) is 9.80. The summed E-state index contributed by atoms with van der Waals surface area (Å²) in [6.07, 6.45) is 6.48. The van der Waals surface area contributed by atoms with Crippen molar-refractivity contribution in [3.63, 3.8) is 0 Å². The molecule has 0 aliphatic rings. The van der Waals surface area contributed by atoms with E-state index in [-0.39, 0.29) is 5.82 Å². The number of thiazole rings is 1. The van der Waals surface area contributed by atoms with Gasteiger partial charge >= 0.3 is 0 Å². The predicted octanol–water partition coefficient (Wildman–Crippen LogP) is 5.84. The van der Waals surface area contributed by atoms with E-state index < -0.39 is 0 Å². The molecule has 0 N–H and O–H groups in total. The van der Waals surface area contributed by atoms with Crippen LogP contribution >= 0.6 is 22.9 Å². The van der Waals surface area contributed by atoms with Crippen LogP contribution in [0.1, 0.15) is 12.0 Å². The molecule has 0 unspecified atom stereocenters. The largest absolute Gasteiger partial charge is 0.337 e. The Kier molecular flexibility index (Phi) is 5.92. The van der Waals surface area contributed by atoms with Crippen LogP contribution in [0.5, 0.6) is 0 Å². The van der Waals surface area contributed by atoms with Crippen molar-refractivity contribution in [2.24, 2.45) is 4.99 Å². The molecule has 4 nitrogen and oxygen atoms in total. The molecule has 2 aromatic carbocycles. The van der Waals surface area contributed by atoms with Crippen molar-refractivity contribution < 1.29 is 4.39 Å². The second-order valence-corrected chi connectivity index (χ2v) is 8.01. The van der Waals surface area contributed by atoms with Crippen LogP contribution in [0, 0.1) is 12.7 Å². The molecular formula is C22H20ClFN4S. The molecule has 4 rings (SSSR count). The van der Waals surface area contributed by atoms with Gasteiger partial charge in [-0.3, -0.25) is 0 Å². The molecule has 0 atom stereocenters. The van der Waals surface area contributed by atoms with Gasteiger partial charge in [0.25, 0.3) is 0 Å². The van der Waals surface area contributed by atoms with E-state index in [1.807, 2.05) is 37.6 Å². The topological polar surface area (TPSA) is 35.1 Å². The quantitative estimate of drug-likeness (QED) is 0.381. The first-order chi connectivity index (χ1) is 14.1. The van der Waals surface area contributed by atoms with Crippen LogP contribution < -0.4 is 4.80 Å². The minimum atomic E-state index is -0.241. The highest BCUT2D eigenvalue weighted by atomic mass is 35.5. The lowest BCUT2D eigenvalue weighted by Crippen LogP contribution is -2.17. The summed E-state index contributed by atoms with van der Waals surface area (Å²) < 4.78 is 17.6. The zero-order valence-electron chi connectivity index (χ0n) is 15.9. The standard InChI is InChI=1S/C22H20ClFN4S/c1-16-3-8-19(13-20(16)23)26-22-28(11-2-10-27-12-9-25-15-27)21(14-29-22)17-4-6-18(24)7-5-17/h3-9,12-15H,2,10-11H2,1H3. The Bertz CT molecular complexity index is 1160. The molecule has 0 fully saturated rings. The molecule has 0 spiro atoms. The van der Waals surface area contributed by atoms with Crippen molar-refractivity contribution in [2.45, 2.75) is 26.4 Å². The number of hydrogen-bond acceptors (Lipinski definition) is 3. The molecule has 0 saturated heterocycles. The Morgan fingerprint density at radius 3 is 2.69 bits per heavy atom. The van der Waals surface area contributed by atoms with Gasteiger partial charge in [0, 0.05) is 35.9 Å². The average Bonchev–Trinajstić information content (AvgIpc) is 3.36. The smallest absolute Gasteiger partial charge is 0.190 e. The van der Waals surface area contributed by atoms with Gasteiger partial charge in [-0.15, -0.1) is 11.3 Å². The number of aryl methyl sites for hydroxylation is 2. The number of halogens is 2. The number of aromatic nitrogens is 3. The van der Waals surface area contributed by atoms with Gasteiger partial charge in [-0.05, 0) is 60.9 Å². The lowest BCUT2D eigenvalue weighted by atomic mass is 10.1. The Balaban J connectivity index is 1.70. The van der Waals surface area contributed by atoms with Crippen molar-refractivity contribution in [1.82, 2.24) is 14.1 Å². The van der Waals surface area contributed by atoms with Gasteiger partial charge in [-0.1, -0.05) is 17.7 Å². The Labute approximate surface area is 177 Å². The first-order valence-corrected chi connectivity index (χ1v) is 10.6. The third kappa shape index (κ3) is 4.66. The molecule has 0 saturated carbocycles. The van der Waals surface area contributed by atoms with Crippen molar-refractivity contribution in [1.29, 1.82) is 0 Å². The molecule has 7 heteroatoms. The maximum absolute atomic E-state index is 13.4. The molecule has 2 heterocycles. The number of hydrogen-bond donors (Lipinski definition) is 0. The predicted molar refractivity (Wildman–Crippen MR) is 116 cm³/mol. The van der Waals surface area contributed by atoms with E-state index in [4.69, 9.17) is 16.6 Å². The molecule has 148 valence electrons. The van der Waals surface area contributed by atoms with E-state index >= 15 is 0 Å². The van der Waals surface area contributed by atoms with Gasteiger partial charge in [-0.25, -0.2) is 14.4 Å². The van der Waals surface area contributed by atoms with Gasteiger partial charge in [0.1, 0.15) is 5.82 Å².